The number of hydrogen-bond donors (Lipinski definition) is 1. The highest BCUT2D eigenvalue weighted by Gasteiger charge is 2.05. The van der Waals surface area contributed by atoms with E-state index in [0.717, 1.165) is 32.9 Å². The third kappa shape index (κ3) is 4.15. The van der Waals surface area contributed by atoms with Gasteiger partial charge in [-0.2, -0.15) is 5.10 Å². The van der Waals surface area contributed by atoms with Crippen molar-refractivity contribution in [2.24, 2.45) is 12.1 Å². The first kappa shape index (κ1) is 18.1. The van der Waals surface area contributed by atoms with Gasteiger partial charge in [-0.3, -0.25) is 0 Å². The van der Waals surface area contributed by atoms with Crippen LogP contribution in [-0.4, -0.2) is 15.8 Å². The average molecular weight is 391 g/mol. The number of imidazole rings is 1. The fourth-order valence-electron chi connectivity index (χ4n) is 2.81. The predicted octanol–water partition coefficient (Wildman–Crippen LogP) is 5.25. The Morgan fingerprint density at radius 1 is 1.04 bits per heavy atom. The molecule has 3 aromatic carbocycles. The highest BCUT2D eigenvalue weighted by Crippen LogP contribution is 2.18. The number of ether oxygens (including phenoxy) is 1. The van der Waals surface area contributed by atoms with Crippen LogP contribution in [-0.2, 0) is 13.7 Å². The van der Waals surface area contributed by atoms with Crippen molar-refractivity contribution >= 4 is 34.8 Å². The number of hydrogen-bond acceptors (Lipinski definition) is 4. The van der Waals surface area contributed by atoms with E-state index in [1.54, 1.807) is 6.21 Å². The highest BCUT2D eigenvalue weighted by molar-refractivity contribution is 6.30. The second-order valence-corrected chi connectivity index (χ2v) is 6.77. The van der Waals surface area contributed by atoms with Crippen molar-refractivity contribution in [3.8, 4) is 5.75 Å². The van der Waals surface area contributed by atoms with Crippen LogP contribution in [0.4, 0.5) is 5.95 Å². The Hall–Kier alpha value is -3.31. The molecule has 0 saturated heterocycles. The van der Waals surface area contributed by atoms with E-state index < -0.39 is 0 Å². The Bertz CT molecular complexity index is 1100. The van der Waals surface area contributed by atoms with Crippen LogP contribution >= 0.6 is 11.6 Å². The van der Waals surface area contributed by atoms with E-state index in [9.17, 15) is 0 Å². The van der Waals surface area contributed by atoms with Crippen LogP contribution in [0.2, 0.25) is 5.02 Å². The molecule has 28 heavy (non-hydrogen) atoms. The van der Waals surface area contributed by atoms with Crippen molar-refractivity contribution in [1.29, 1.82) is 0 Å². The van der Waals surface area contributed by atoms with Crippen LogP contribution in [0, 0.1) is 0 Å². The Morgan fingerprint density at radius 2 is 1.79 bits per heavy atom. The van der Waals surface area contributed by atoms with E-state index in [4.69, 9.17) is 16.3 Å². The first-order chi connectivity index (χ1) is 13.7. The predicted molar refractivity (Wildman–Crippen MR) is 114 cm³/mol. The molecule has 0 spiro atoms. The lowest BCUT2D eigenvalue weighted by molar-refractivity contribution is 0.306. The second-order valence-electron chi connectivity index (χ2n) is 6.34. The summed E-state index contributed by atoms with van der Waals surface area (Å²) >= 11 is 5.89. The first-order valence-corrected chi connectivity index (χ1v) is 9.25. The largest absolute Gasteiger partial charge is 0.489 e. The van der Waals surface area contributed by atoms with Gasteiger partial charge >= 0.3 is 0 Å². The van der Waals surface area contributed by atoms with E-state index in [1.165, 1.54) is 0 Å². The Balaban J connectivity index is 1.35. The molecule has 0 radical (unpaired) electrons. The standard InChI is InChI=1S/C22H19ClN4O/c1-27-21-5-3-2-4-20(21)25-22(27)26-24-14-16-8-12-19(13-9-16)28-15-17-6-10-18(23)11-7-17/h2-14H,15H2,1H3,(H,25,26)/b24-14-. The van der Waals surface area contributed by atoms with Gasteiger partial charge < -0.3 is 9.30 Å². The topological polar surface area (TPSA) is 51.4 Å². The first-order valence-electron chi connectivity index (χ1n) is 8.87. The Kier molecular flexibility index (Phi) is 5.26. The molecule has 0 unspecified atom stereocenters. The molecule has 0 aliphatic heterocycles. The fraction of sp³-hybridized carbons (Fsp3) is 0.0909. The number of rotatable bonds is 6. The van der Waals surface area contributed by atoms with Crippen molar-refractivity contribution in [2.45, 2.75) is 6.61 Å². The van der Waals surface area contributed by atoms with Gasteiger partial charge in [-0.25, -0.2) is 10.4 Å². The molecular weight excluding hydrogens is 372 g/mol. The normalized spacial score (nSPS) is 11.2. The second kappa shape index (κ2) is 8.15. The molecule has 4 aromatic rings. The molecule has 1 aromatic heterocycles. The molecule has 4 rings (SSSR count). The van der Waals surface area contributed by atoms with Crippen LogP contribution < -0.4 is 10.2 Å². The third-order valence-electron chi connectivity index (χ3n) is 4.36. The number of anilines is 1. The van der Waals surface area contributed by atoms with E-state index in [0.29, 0.717) is 12.6 Å². The maximum absolute atomic E-state index is 5.89. The summed E-state index contributed by atoms with van der Waals surface area (Å²) in [4.78, 5) is 4.53. The number of aromatic nitrogens is 2. The zero-order valence-electron chi connectivity index (χ0n) is 15.3. The van der Waals surface area contributed by atoms with Gasteiger partial charge in [0.25, 0.3) is 0 Å². The number of nitrogens with zero attached hydrogens (tertiary/aromatic N) is 3. The van der Waals surface area contributed by atoms with E-state index in [1.807, 2.05) is 84.4 Å². The van der Waals surface area contributed by atoms with Crippen LogP contribution in [0.1, 0.15) is 11.1 Å². The van der Waals surface area contributed by atoms with Crippen molar-refractivity contribution in [2.75, 3.05) is 5.43 Å². The van der Waals surface area contributed by atoms with Gasteiger partial charge in [-0.1, -0.05) is 35.9 Å². The Morgan fingerprint density at radius 3 is 2.54 bits per heavy atom. The molecule has 0 saturated carbocycles. The van der Waals surface area contributed by atoms with E-state index in [2.05, 4.69) is 15.5 Å². The molecule has 1 heterocycles. The smallest absolute Gasteiger partial charge is 0.224 e. The number of fused-ring (bicyclic) bond motifs is 1. The van der Waals surface area contributed by atoms with Crippen LogP contribution in [0.3, 0.4) is 0 Å². The lowest BCUT2D eigenvalue weighted by atomic mass is 10.2. The number of nitrogens with one attached hydrogen (secondary N) is 1. The molecule has 0 atom stereocenters. The van der Waals surface area contributed by atoms with Gasteiger partial charge in [0.15, 0.2) is 0 Å². The molecule has 1 N–H and O–H groups in total. The fourth-order valence-corrected chi connectivity index (χ4v) is 2.93. The molecule has 0 aliphatic carbocycles. The number of aryl methyl sites for hydroxylation is 1. The van der Waals surface area contributed by atoms with Crippen molar-refractivity contribution < 1.29 is 4.74 Å². The third-order valence-corrected chi connectivity index (χ3v) is 4.62. The van der Waals surface area contributed by atoms with Crippen molar-refractivity contribution in [1.82, 2.24) is 9.55 Å². The molecule has 140 valence electrons. The number of para-hydroxylation sites is 2. The lowest BCUT2D eigenvalue weighted by Gasteiger charge is -2.06. The molecule has 0 bridgehead atoms. The maximum Gasteiger partial charge on any atom is 0.224 e. The molecule has 6 heteroatoms. The molecule has 0 aliphatic rings. The summed E-state index contributed by atoms with van der Waals surface area (Å²) in [5, 5.41) is 5.01. The average Bonchev–Trinajstić information content (AvgIpc) is 3.04. The summed E-state index contributed by atoms with van der Waals surface area (Å²) in [5.74, 6) is 1.50. The summed E-state index contributed by atoms with van der Waals surface area (Å²) in [5.41, 5.74) is 7.02. The summed E-state index contributed by atoms with van der Waals surface area (Å²) < 4.78 is 7.77. The maximum atomic E-state index is 5.89. The number of halogens is 1. The Labute approximate surface area is 168 Å². The number of hydrazone groups is 1. The minimum Gasteiger partial charge on any atom is -0.489 e. The minimum absolute atomic E-state index is 0.499. The van der Waals surface area contributed by atoms with Gasteiger partial charge in [0.05, 0.1) is 17.2 Å². The van der Waals surface area contributed by atoms with Gasteiger partial charge in [0.2, 0.25) is 5.95 Å². The quantitative estimate of drug-likeness (QED) is 0.361. The molecule has 0 fully saturated rings. The van der Waals surface area contributed by atoms with Gasteiger partial charge in [0, 0.05) is 12.1 Å². The van der Waals surface area contributed by atoms with Gasteiger partial charge in [-0.15, -0.1) is 0 Å². The molecule has 0 amide bonds. The monoisotopic (exact) mass is 390 g/mol. The SMILES string of the molecule is Cn1c(N/N=C\c2ccc(OCc3ccc(Cl)cc3)cc2)nc2ccccc21. The molecular formula is C22H19ClN4O. The van der Waals surface area contributed by atoms with E-state index in [-0.39, 0.29) is 0 Å². The summed E-state index contributed by atoms with van der Waals surface area (Å²) in [7, 11) is 1.96. The van der Waals surface area contributed by atoms with Crippen LogP contribution in [0.5, 0.6) is 5.75 Å². The van der Waals surface area contributed by atoms with Gasteiger partial charge in [-0.05, 0) is 59.7 Å². The van der Waals surface area contributed by atoms with Gasteiger partial charge in [0.1, 0.15) is 12.4 Å². The summed E-state index contributed by atoms with van der Waals surface area (Å²) in [6, 6.07) is 23.4. The molecule has 5 nitrogen and oxygen atoms in total. The van der Waals surface area contributed by atoms with Crippen molar-refractivity contribution in [3.63, 3.8) is 0 Å². The summed E-state index contributed by atoms with van der Waals surface area (Å²) in [6.45, 7) is 0.499. The lowest BCUT2D eigenvalue weighted by Crippen LogP contribution is -1.99. The zero-order valence-corrected chi connectivity index (χ0v) is 16.1. The van der Waals surface area contributed by atoms with Crippen LogP contribution in [0.15, 0.2) is 77.9 Å². The van der Waals surface area contributed by atoms with E-state index >= 15 is 0 Å². The van der Waals surface area contributed by atoms with Crippen LogP contribution in [0.25, 0.3) is 11.0 Å². The minimum atomic E-state index is 0.499. The number of benzene rings is 3. The zero-order chi connectivity index (χ0) is 19.3. The summed E-state index contributed by atoms with van der Waals surface area (Å²) in [6.07, 6.45) is 1.75. The highest BCUT2D eigenvalue weighted by atomic mass is 35.5. The van der Waals surface area contributed by atoms with Crippen molar-refractivity contribution in [3.05, 3.63) is 88.9 Å².